The molecule has 7 nitrogen and oxygen atoms in total. The number of halogens is 2. The molecule has 0 aromatic heterocycles. The van der Waals surface area contributed by atoms with Gasteiger partial charge in [0, 0.05) is 49.9 Å². The van der Waals surface area contributed by atoms with E-state index in [9.17, 15) is 9.59 Å². The van der Waals surface area contributed by atoms with Crippen molar-refractivity contribution in [2.24, 2.45) is 0 Å². The van der Waals surface area contributed by atoms with Gasteiger partial charge in [-0.15, -0.1) is 0 Å². The van der Waals surface area contributed by atoms with Crippen molar-refractivity contribution in [3.05, 3.63) is 39.5 Å². The van der Waals surface area contributed by atoms with E-state index in [1.807, 2.05) is 4.90 Å². The van der Waals surface area contributed by atoms with Gasteiger partial charge in [-0.1, -0.05) is 29.3 Å². The summed E-state index contributed by atoms with van der Waals surface area (Å²) in [7, 11) is 0. The van der Waals surface area contributed by atoms with E-state index in [0.717, 1.165) is 13.1 Å². The number of amides is 2. The van der Waals surface area contributed by atoms with Gasteiger partial charge in [-0.2, -0.15) is 0 Å². The number of nitrogens with zero attached hydrogens (tertiary/aromatic N) is 3. The van der Waals surface area contributed by atoms with Crippen molar-refractivity contribution in [2.45, 2.75) is 0 Å². The first-order valence-corrected chi connectivity index (χ1v) is 10.5. The molecule has 3 aliphatic heterocycles. The number of ether oxygens (including phenoxy) is 2. The van der Waals surface area contributed by atoms with Gasteiger partial charge in [0.15, 0.2) is 0 Å². The molecule has 29 heavy (non-hydrogen) atoms. The summed E-state index contributed by atoms with van der Waals surface area (Å²) in [6, 6.07) is 4.98. The summed E-state index contributed by atoms with van der Waals surface area (Å²) >= 11 is 12.4. The summed E-state index contributed by atoms with van der Waals surface area (Å²) < 4.78 is 10.8. The smallest absolute Gasteiger partial charge is 0.277 e. The largest absolute Gasteiger partial charge is 0.379 e. The van der Waals surface area contributed by atoms with Crippen LogP contribution < -0.4 is 0 Å². The minimum absolute atomic E-state index is 0.272. The Morgan fingerprint density at radius 3 is 2.17 bits per heavy atom. The lowest BCUT2D eigenvalue weighted by molar-refractivity contribution is -0.138. The van der Waals surface area contributed by atoms with Gasteiger partial charge in [-0.3, -0.25) is 19.4 Å². The lowest BCUT2D eigenvalue weighted by atomic mass is 10.0. The fourth-order valence-corrected chi connectivity index (χ4v) is 4.35. The maximum atomic E-state index is 13.3. The zero-order valence-corrected chi connectivity index (χ0v) is 17.5. The van der Waals surface area contributed by atoms with Crippen LogP contribution in [0.15, 0.2) is 23.9 Å². The Bertz CT molecular complexity index is 833. The third-order valence-corrected chi connectivity index (χ3v) is 5.96. The van der Waals surface area contributed by atoms with Crippen LogP contribution in [-0.4, -0.2) is 92.2 Å². The second-order valence-corrected chi connectivity index (χ2v) is 8.01. The molecule has 9 heteroatoms. The third kappa shape index (κ3) is 4.29. The Morgan fingerprint density at radius 2 is 1.52 bits per heavy atom. The zero-order valence-electron chi connectivity index (χ0n) is 16.0. The molecule has 0 saturated carbocycles. The fraction of sp³-hybridized carbons (Fsp3) is 0.500. The average Bonchev–Trinajstić information content (AvgIpc) is 2.98. The van der Waals surface area contributed by atoms with Gasteiger partial charge in [-0.05, 0) is 12.1 Å². The van der Waals surface area contributed by atoms with Crippen LogP contribution in [-0.2, 0) is 19.1 Å². The highest BCUT2D eigenvalue weighted by Gasteiger charge is 2.42. The van der Waals surface area contributed by atoms with Gasteiger partial charge in [0.1, 0.15) is 5.70 Å². The molecule has 156 valence electrons. The molecule has 0 aliphatic carbocycles. The van der Waals surface area contributed by atoms with E-state index < -0.39 is 0 Å². The minimum atomic E-state index is -0.311. The molecule has 1 aromatic rings. The van der Waals surface area contributed by atoms with Crippen LogP contribution in [0.5, 0.6) is 0 Å². The van der Waals surface area contributed by atoms with Crippen molar-refractivity contribution in [3.63, 3.8) is 0 Å². The highest BCUT2D eigenvalue weighted by molar-refractivity contribution is 6.41. The molecule has 1 aromatic carbocycles. The van der Waals surface area contributed by atoms with Crippen molar-refractivity contribution in [2.75, 3.05) is 65.7 Å². The van der Waals surface area contributed by atoms with Gasteiger partial charge in [-0.25, -0.2) is 0 Å². The van der Waals surface area contributed by atoms with Crippen molar-refractivity contribution < 1.29 is 19.1 Å². The standard InChI is InChI=1S/C20H23Cl2N3O4/c21-14-1-2-15(16(22)13-14)17-18(24-7-11-29-12-8-24)20(27)25(19(17)26)4-3-23-5-9-28-10-6-23/h1-2,13H,3-12H2. The molecule has 2 saturated heterocycles. The number of rotatable bonds is 5. The second kappa shape index (κ2) is 9.02. The van der Waals surface area contributed by atoms with Crippen LogP contribution in [0.2, 0.25) is 10.0 Å². The van der Waals surface area contributed by atoms with E-state index in [4.69, 9.17) is 32.7 Å². The SMILES string of the molecule is O=C1C(c2ccc(Cl)cc2Cl)=C(N2CCOCC2)C(=O)N1CCN1CCOCC1. The van der Waals surface area contributed by atoms with Crippen molar-refractivity contribution >= 4 is 40.6 Å². The summed E-state index contributed by atoms with van der Waals surface area (Å²) in [6.07, 6.45) is 0. The molecule has 3 heterocycles. The van der Waals surface area contributed by atoms with Gasteiger partial charge in [0.2, 0.25) is 0 Å². The highest BCUT2D eigenvalue weighted by Crippen LogP contribution is 2.36. The minimum Gasteiger partial charge on any atom is -0.379 e. The summed E-state index contributed by atoms with van der Waals surface area (Å²) in [5.74, 6) is -0.583. The number of imide groups is 1. The Kier molecular flexibility index (Phi) is 6.41. The van der Waals surface area contributed by atoms with Gasteiger partial charge in [0.05, 0.1) is 37.0 Å². The fourth-order valence-electron chi connectivity index (χ4n) is 3.85. The first kappa shape index (κ1) is 20.6. The van der Waals surface area contributed by atoms with E-state index in [0.29, 0.717) is 79.5 Å². The molecule has 2 fully saturated rings. The maximum Gasteiger partial charge on any atom is 0.277 e. The van der Waals surface area contributed by atoms with E-state index in [1.165, 1.54) is 4.90 Å². The Balaban J connectivity index is 1.64. The first-order chi connectivity index (χ1) is 14.1. The summed E-state index contributed by atoms with van der Waals surface area (Å²) in [6.45, 7) is 6.04. The number of hydrogen-bond donors (Lipinski definition) is 0. The third-order valence-electron chi connectivity index (χ3n) is 5.41. The van der Waals surface area contributed by atoms with E-state index >= 15 is 0 Å². The number of carbonyl (C=O) groups excluding carboxylic acids is 2. The summed E-state index contributed by atoms with van der Waals surface area (Å²) in [4.78, 5) is 32.1. The first-order valence-electron chi connectivity index (χ1n) is 9.75. The number of benzene rings is 1. The van der Waals surface area contributed by atoms with Crippen LogP contribution >= 0.6 is 23.2 Å². The molecule has 0 unspecified atom stereocenters. The normalized spacial score (nSPS) is 21.4. The molecule has 0 atom stereocenters. The zero-order chi connectivity index (χ0) is 20.4. The van der Waals surface area contributed by atoms with Gasteiger partial charge in [0.25, 0.3) is 11.8 Å². The Morgan fingerprint density at radius 1 is 0.862 bits per heavy atom. The van der Waals surface area contributed by atoms with Gasteiger partial charge < -0.3 is 14.4 Å². The van der Waals surface area contributed by atoms with E-state index in [1.54, 1.807) is 18.2 Å². The van der Waals surface area contributed by atoms with Crippen LogP contribution in [0.25, 0.3) is 5.57 Å². The maximum absolute atomic E-state index is 13.3. The molecule has 2 amide bonds. The predicted molar refractivity (Wildman–Crippen MR) is 110 cm³/mol. The number of carbonyl (C=O) groups is 2. The van der Waals surface area contributed by atoms with Crippen molar-refractivity contribution in [3.8, 4) is 0 Å². The average molecular weight is 440 g/mol. The Hall–Kier alpha value is -1.64. The van der Waals surface area contributed by atoms with E-state index in [2.05, 4.69) is 4.90 Å². The van der Waals surface area contributed by atoms with E-state index in [-0.39, 0.29) is 11.8 Å². The molecule has 4 rings (SSSR count). The molecule has 3 aliphatic rings. The van der Waals surface area contributed by atoms with Crippen molar-refractivity contribution in [1.82, 2.24) is 14.7 Å². The lowest BCUT2D eigenvalue weighted by Crippen LogP contribution is -2.44. The molecule has 0 spiro atoms. The summed E-state index contributed by atoms with van der Waals surface area (Å²) in [5.41, 5.74) is 1.29. The summed E-state index contributed by atoms with van der Waals surface area (Å²) in [5, 5.41) is 0.836. The quantitative estimate of drug-likeness (QED) is 0.651. The number of morpholine rings is 2. The second-order valence-electron chi connectivity index (χ2n) is 7.16. The van der Waals surface area contributed by atoms with Crippen LogP contribution in [0.3, 0.4) is 0 Å². The molecule has 0 bridgehead atoms. The topological polar surface area (TPSA) is 62.3 Å². The lowest BCUT2D eigenvalue weighted by Gasteiger charge is -2.30. The molecular weight excluding hydrogens is 417 g/mol. The highest BCUT2D eigenvalue weighted by atomic mass is 35.5. The van der Waals surface area contributed by atoms with Gasteiger partial charge >= 0.3 is 0 Å². The van der Waals surface area contributed by atoms with Crippen LogP contribution in [0, 0.1) is 0 Å². The molecule has 0 radical (unpaired) electrons. The van der Waals surface area contributed by atoms with Crippen molar-refractivity contribution in [1.29, 1.82) is 0 Å². The van der Waals surface area contributed by atoms with Crippen LogP contribution in [0.1, 0.15) is 5.56 Å². The molecule has 0 N–H and O–H groups in total. The van der Waals surface area contributed by atoms with Crippen LogP contribution in [0.4, 0.5) is 0 Å². The number of hydrogen-bond acceptors (Lipinski definition) is 6. The predicted octanol–water partition coefficient (Wildman–Crippen LogP) is 1.74. The Labute approximate surface area is 179 Å². The molecular formula is C20H23Cl2N3O4. The monoisotopic (exact) mass is 439 g/mol.